The van der Waals surface area contributed by atoms with Crippen LogP contribution in [0.25, 0.3) is 33.4 Å². The van der Waals surface area contributed by atoms with Crippen molar-refractivity contribution in [1.29, 1.82) is 0 Å². The van der Waals surface area contributed by atoms with E-state index >= 15 is 0 Å². The van der Waals surface area contributed by atoms with Crippen LogP contribution in [0.5, 0.6) is 5.75 Å². The molecule has 1 aliphatic carbocycles. The number of hydrogen-bond acceptors (Lipinski definition) is 7. The van der Waals surface area contributed by atoms with Crippen molar-refractivity contribution in [2.24, 2.45) is 0 Å². The second-order valence-corrected chi connectivity index (χ2v) is 8.27. The van der Waals surface area contributed by atoms with Gasteiger partial charge in [0.1, 0.15) is 23.7 Å². The summed E-state index contributed by atoms with van der Waals surface area (Å²) in [5.74, 6) is 0.827. The highest BCUT2D eigenvalue weighted by Crippen LogP contribution is 2.41. The highest BCUT2D eigenvalue weighted by atomic mass is 16.6. The van der Waals surface area contributed by atoms with Crippen molar-refractivity contribution in [2.45, 2.75) is 13.5 Å². The average molecular weight is 482 g/mol. The van der Waals surface area contributed by atoms with Gasteiger partial charge in [0.25, 0.3) is 11.4 Å². The van der Waals surface area contributed by atoms with Crippen LogP contribution >= 0.6 is 0 Å². The zero-order valence-corrected chi connectivity index (χ0v) is 19.0. The Morgan fingerprint density at radius 2 is 1.56 bits per heavy atom. The molecule has 0 aromatic heterocycles. The lowest BCUT2D eigenvalue weighted by Gasteiger charge is -2.17. The predicted octanol–water partition coefficient (Wildman–Crippen LogP) is 6.27. The Morgan fingerprint density at radius 3 is 2.25 bits per heavy atom. The molecule has 178 valence electrons. The molecule has 3 aromatic rings. The number of rotatable bonds is 6. The molecule has 0 saturated carbocycles. The van der Waals surface area contributed by atoms with Crippen LogP contribution in [0.15, 0.2) is 88.1 Å². The van der Waals surface area contributed by atoms with Crippen LogP contribution < -0.4 is 10.2 Å². The van der Waals surface area contributed by atoms with Gasteiger partial charge in [0, 0.05) is 46.3 Å². The van der Waals surface area contributed by atoms with E-state index in [-0.39, 0.29) is 29.0 Å². The van der Waals surface area contributed by atoms with E-state index in [4.69, 9.17) is 9.15 Å². The van der Waals surface area contributed by atoms with Crippen LogP contribution in [0.1, 0.15) is 11.1 Å². The van der Waals surface area contributed by atoms with Gasteiger partial charge >= 0.3 is 0 Å². The number of fused-ring (bicyclic) bond motifs is 2. The lowest BCUT2D eigenvalue weighted by molar-refractivity contribution is -0.394. The summed E-state index contributed by atoms with van der Waals surface area (Å²) in [5, 5.41) is 23.1. The molecule has 0 spiro atoms. The molecule has 3 aromatic carbocycles. The second-order valence-electron chi connectivity index (χ2n) is 8.27. The second kappa shape index (κ2) is 8.95. The van der Waals surface area contributed by atoms with Gasteiger partial charge in [0.15, 0.2) is 5.43 Å². The topological polar surface area (TPSA) is 126 Å². The number of ether oxygens (including phenoxy) is 1. The Bertz CT molecular complexity index is 1660. The van der Waals surface area contributed by atoms with Crippen LogP contribution in [0.4, 0.5) is 11.4 Å². The van der Waals surface area contributed by atoms with E-state index in [2.05, 4.69) is 0 Å². The molecule has 36 heavy (non-hydrogen) atoms. The SMILES string of the molecule is Cc1ccccc1-c1c2ccc(=O)cc-2oc2cc(OCc3cc([N+](=O)[O-])cc([N+](=O)[O-])c3)ccc12. The Kier molecular flexibility index (Phi) is 5.65. The zero-order chi connectivity index (χ0) is 25.4. The molecule has 0 N–H and O–H groups in total. The Morgan fingerprint density at radius 1 is 0.833 bits per heavy atom. The standard InChI is InChI=1S/C27H18N2O7/c1-16-4-2-3-5-22(16)27-23-8-6-20(30)13-25(23)36-26-14-21(7-9-24(26)27)35-15-17-10-18(28(31)32)12-19(11-17)29(33)34/h2-14H,15H2,1H3. The van der Waals surface area contributed by atoms with Crippen LogP contribution in [0, 0.1) is 27.2 Å². The van der Waals surface area contributed by atoms with Crippen LogP contribution in [0.3, 0.4) is 0 Å². The molecule has 0 saturated heterocycles. The molecule has 9 nitrogen and oxygen atoms in total. The van der Waals surface area contributed by atoms with Crippen molar-refractivity contribution in [3.63, 3.8) is 0 Å². The van der Waals surface area contributed by atoms with E-state index in [9.17, 15) is 25.0 Å². The predicted molar refractivity (Wildman–Crippen MR) is 133 cm³/mol. The van der Waals surface area contributed by atoms with Crippen molar-refractivity contribution in [3.8, 4) is 28.2 Å². The molecule has 0 radical (unpaired) electrons. The fourth-order valence-electron chi connectivity index (χ4n) is 4.20. The molecule has 5 rings (SSSR count). The molecule has 0 unspecified atom stereocenters. The molecule has 0 atom stereocenters. The van der Waals surface area contributed by atoms with E-state index in [0.29, 0.717) is 17.1 Å². The Hall–Kier alpha value is -5.05. The fraction of sp³-hybridized carbons (Fsp3) is 0.0741. The third-order valence-electron chi connectivity index (χ3n) is 5.87. The fourth-order valence-corrected chi connectivity index (χ4v) is 4.20. The lowest BCUT2D eigenvalue weighted by atomic mass is 9.91. The average Bonchev–Trinajstić information content (AvgIpc) is 2.86. The molecule has 1 aliphatic heterocycles. The minimum atomic E-state index is -0.687. The number of nitrogens with zero attached hydrogens (tertiary/aromatic N) is 2. The Balaban J connectivity index is 1.58. The summed E-state index contributed by atoms with van der Waals surface area (Å²) in [7, 11) is 0. The monoisotopic (exact) mass is 482 g/mol. The molecule has 0 amide bonds. The maximum atomic E-state index is 12.0. The third-order valence-corrected chi connectivity index (χ3v) is 5.87. The minimum absolute atomic E-state index is 0.128. The zero-order valence-electron chi connectivity index (χ0n) is 19.0. The molecule has 2 aliphatic rings. The molecule has 1 heterocycles. The van der Waals surface area contributed by atoms with Crippen LogP contribution in [-0.4, -0.2) is 9.85 Å². The largest absolute Gasteiger partial charge is 0.489 e. The van der Waals surface area contributed by atoms with E-state index < -0.39 is 9.85 Å². The molecule has 0 fully saturated rings. The quantitative estimate of drug-likeness (QED) is 0.159. The van der Waals surface area contributed by atoms with Crippen LogP contribution in [-0.2, 0) is 6.61 Å². The molecule has 9 heteroatoms. The number of benzene rings is 4. The third kappa shape index (κ3) is 4.25. The van der Waals surface area contributed by atoms with Crippen molar-refractivity contribution in [2.75, 3.05) is 0 Å². The summed E-state index contributed by atoms with van der Waals surface area (Å²) in [4.78, 5) is 33.0. The van der Waals surface area contributed by atoms with E-state index in [1.165, 1.54) is 24.3 Å². The summed E-state index contributed by atoms with van der Waals surface area (Å²) in [6, 6.07) is 21.2. The van der Waals surface area contributed by atoms with Gasteiger partial charge in [-0.15, -0.1) is 0 Å². The summed E-state index contributed by atoms with van der Waals surface area (Å²) < 4.78 is 11.9. The van der Waals surface area contributed by atoms with Crippen molar-refractivity contribution >= 4 is 22.3 Å². The van der Waals surface area contributed by atoms with Gasteiger partial charge in [-0.2, -0.15) is 0 Å². The maximum Gasteiger partial charge on any atom is 0.276 e. The summed E-state index contributed by atoms with van der Waals surface area (Å²) in [5.41, 5.74) is 3.58. The van der Waals surface area contributed by atoms with Gasteiger partial charge in [0.05, 0.1) is 15.9 Å². The normalized spacial score (nSPS) is 11.0. The highest BCUT2D eigenvalue weighted by Gasteiger charge is 2.20. The van der Waals surface area contributed by atoms with E-state index in [1.807, 2.05) is 37.3 Å². The van der Waals surface area contributed by atoms with Crippen LogP contribution in [0.2, 0.25) is 0 Å². The van der Waals surface area contributed by atoms with Crippen molar-refractivity contribution in [1.82, 2.24) is 0 Å². The maximum absolute atomic E-state index is 12.0. The number of nitro benzene ring substituents is 2. The van der Waals surface area contributed by atoms with E-state index in [0.717, 1.165) is 33.7 Å². The summed E-state index contributed by atoms with van der Waals surface area (Å²) >= 11 is 0. The van der Waals surface area contributed by atoms with Gasteiger partial charge in [-0.1, -0.05) is 24.3 Å². The number of hydrogen-bond donors (Lipinski definition) is 0. The first-order valence-corrected chi connectivity index (χ1v) is 10.9. The smallest absolute Gasteiger partial charge is 0.276 e. The van der Waals surface area contributed by atoms with Gasteiger partial charge in [-0.05, 0) is 42.3 Å². The molecule has 0 bridgehead atoms. The van der Waals surface area contributed by atoms with Crippen molar-refractivity contribution < 1.29 is 19.0 Å². The van der Waals surface area contributed by atoms with Gasteiger partial charge in [-0.25, -0.2) is 0 Å². The molecular formula is C27H18N2O7. The number of non-ortho nitro benzene ring substituents is 2. The van der Waals surface area contributed by atoms with Crippen molar-refractivity contribution in [3.05, 3.63) is 120 Å². The van der Waals surface area contributed by atoms with Gasteiger partial charge in [-0.3, -0.25) is 25.0 Å². The van der Waals surface area contributed by atoms with Gasteiger partial charge in [0.2, 0.25) is 0 Å². The molecular weight excluding hydrogens is 464 g/mol. The number of nitro groups is 2. The van der Waals surface area contributed by atoms with E-state index in [1.54, 1.807) is 18.2 Å². The first-order chi connectivity index (χ1) is 17.3. The summed E-state index contributed by atoms with van der Waals surface area (Å²) in [6.45, 7) is 1.88. The minimum Gasteiger partial charge on any atom is -0.489 e. The number of aryl methyl sites for hydroxylation is 1. The van der Waals surface area contributed by atoms with Gasteiger partial charge < -0.3 is 9.15 Å². The Labute approximate surface area is 203 Å². The first kappa shape index (κ1) is 22.7. The lowest BCUT2D eigenvalue weighted by Crippen LogP contribution is -2.01. The first-order valence-electron chi connectivity index (χ1n) is 10.9. The summed E-state index contributed by atoms with van der Waals surface area (Å²) in [6.07, 6.45) is 0. The highest BCUT2D eigenvalue weighted by molar-refractivity contribution is 6.02.